The van der Waals surface area contributed by atoms with Gasteiger partial charge in [-0.3, -0.25) is 10.9 Å². The molecule has 20 heavy (non-hydrogen) atoms. The van der Waals surface area contributed by atoms with Crippen LogP contribution in [0.5, 0.6) is 0 Å². The van der Waals surface area contributed by atoms with Crippen LogP contribution in [-0.2, 0) is 11.2 Å². The average molecular weight is 279 g/mol. The predicted molar refractivity (Wildman–Crippen MR) is 79.8 cm³/mol. The Kier molecular flexibility index (Phi) is 5.28. The monoisotopic (exact) mass is 279 g/mol. The Morgan fingerprint density at radius 3 is 2.85 bits per heavy atom. The maximum absolute atomic E-state index is 5.18. The Hall–Kier alpha value is -1.24. The third kappa shape index (κ3) is 3.65. The zero-order chi connectivity index (χ0) is 14.5. The van der Waals surface area contributed by atoms with E-state index in [1.807, 2.05) is 13.1 Å². The van der Waals surface area contributed by atoms with Crippen molar-refractivity contribution < 1.29 is 4.74 Å². The van der Waals surface area contributed by atoms with E-state index in [0.717, 1.165) is 37.6 Å². The number of hydrazine groups is 1. The summed E-state index contributed by atoms with van der Waals surface area (Å²) in [6, 6.07) is 0.788. The molecule has 1 aromatic heterocycles. The molecular weight excluding hydrogens is 254 g/mol. The van der Waals surface area contributed by atoms with Crippen molar-refractivity contribution in [2.45, 2.75) is 38.8 Å². The Balaban J connectivity index is 1.98. The molecule has 6 heteroatoms. The zero-order valence-corrected chi connectivity index (χ0v) is 12.8. The second kappa shape index (κ2) is 6.97. The fourth-order valence-corrected chi connectivity index (χ4v) is 2.61. The largest absolute Gasteiger partial charge is 0.383 e. The van der Waals surface area contributed by atoms with E-state index in [4.69, 9.17) is 4.74 Å². The lowest BCUT2D eigenvalue weighted by molar-refractivity contribution is 0.171. The molecule has 1 aliphatic heterocycles. The molecule has 0 saturated carbocycles. The van der Waals surface area contributed by atoms with Crippen molar-refractivity contribution >= 4 is 5.82 Å². The Labute approximate surface area is 120 Å². The number of nitrogens with zero attached hydrogens (tertiary/aromatic N) is 3. The molecule has 1 fully saturated rings. The summed E-state index contributed by atoms with van der Waals surface area (Å²) in [5.74, 6) is 1.86. The van der Waals surface area contributed by atoms with E-state index in [9.17, 15) is 0 Å². The molecule has 6 nitrogen and oxygen atoms in total. The maximum atomic E-state index is 5.18. The minimum Gasteiger partial charge on any atom is -0.383 e. The highest BCUT2D eigenvalue weighted by molar-refractivity contribution is 5.45. The van der Waals surface area contributed by atoms with Gasteiger partial charge in [-0.25, -0.2) is 9.97 Å². The number of aromatic nitrogens is 2. The van der Waals surface area contributed by atoms with Crippen molar-refractivity contribution in [1.82, 2.24) is 20.8 Å². The number of ether oxygens (including phenoxy) is 1. The van der Waals surface area contributed by atoms with Crippen LogP contribution in [0.1, 0.15) is 24.7 Å². The second-order valence-corrected chi connectivity index (χ2v) is 5.37. The molecule has 0 spiro atoms. The molecule has 0 amide bonds. The van der Waals surface area contributed by atoms with Gasteiger partial charge >= 0.3 is 0 Å². The van der Waals surface area contributed by atoms with Crippen LogP contribution in [0.2, 0.25) is 0 Å². The lowest BCUT2D eigenvalue weighted by atomic mass is 10.1. The van der Waals surface area contributed by atoms with E-state index >= 15 is 0 Å². The highest BCUT2D eigenvalue weighted by atomic mass is 16.5. The highest BCUT2D eigenvalue weighted by Crippen LogP contribution is 2.18. The van der Waals surface area contributed by atoms with Crippen molar-refractivity contribution in [3.8, 4) is 0 Å². The van der Waals surface area contributed by atoms with Crippen LogP contribution in [0.4, 0.5) is 5.82 Å². The van der Waals surface area contributed by atoms with Gasteiger partial charge in [0, 0.05) is 44.5 Å². The van der Waals surface area contributed by atoms with Crippen LogP contribution >= 0.6 is 0 Å². The van der Waals surface area contributed by atoms with E-state index in [1.165, 1.54) is 5.56 Å². The number of aryl methyl sites for hydroxylation is 2. The third-order valence-electron chi connectivity index (χ3n) is 3.63. The van der Waals surface area contributed by atoms with Gasteiger partial charge in [0.15, 0.2) is 0 Å². The number of rotatable bonds is 6. The van der Waals surface area contributed by atoms with Gasteiger partial charge in [0.25, 0.3) is 0 Å². The molecule has 2 heterocycles. The van der Waals surface area contributed by atoms with E-state index < -0.39 is 0 Å². The standard InChI is InChI=1S/C14H25N5O/c1-5-11-7-15-10(2)16-14(11)19(3)8-12-6-13(9-20-4)18-17-12/h7,12-13,17-18H,5-6,8-9H2,1-4H3. The van der Waals surface area contributed by atoms with Crippen molar-refractivity contribution in [1.29, 1.82) is 0 Å². The summed E-state index contributed by atoms with van der Waals surface area (Å²) >= 11 is 0. The van der Waals surface area contributed by atoms with E-state index in [0.29, 0.717) is 12.1 Å². The number of nitrogens with one attached hydrogen (secondary N) is 2. The molecule has 2 unspecified atom stereocenters. The molecule has 0 aromatic carbocycles. The van der Waals surface area contributed by atoms with Crippen molar-refractivity contribution in [2.24, 2.45) is 0 Å². The fourth-order valence-electron chi connectivity index (χ4n) is 2.61. The summed E-state index contributed by atoms with van der Waals surface area (Å²) in [4.78, 5) is 11.1. The van der Waals surface area contributed by atoms with E-state index in [1.54, 1.807) is 7.11 Å². The summed E-state index contributed by atoms with van der Waals surface area (Å²) in [6.45, 7) is 5.72. The van der Waals surface area contributed by atoms with Gasteiger partial charge in [0.05, 0.1) is 6.61 Å². The van der Waals surface area contributed by atoms with E-state index in [2.05, 4.69) is 39.7 Å². The molecule has 0 bridgehead atoms. The maximum Gasteiger partial charge on any atom is 0.135 e. The van der Waals surface area contributed by atoms with Gasteiger partial charge in [-0.15, -0.1) is 0 Å². The van der Waals surface area contributed by atoms with Crippen LogP contribution in [0, 0.1) is 6.92 Å². The van der Waals surface area contributed by atoms with Crippen LogP contribution in [0.15, 0.2) is 6.20 Å². The van der Waals surface area contributed by atoms with Gasteiger partial charge < -0.3 is 9.64 Å². The first-order chi connectivity index (χ1) is 9.63. The topological polar surface area (TPSA) is 62.3 Å². The second-order valence-electron chi connectivity index (χ2n) is 5.37. The first-order valence-corrected chi connectivity index (χ1v) is 7.17. The van der Waals surface area contributed by atoms with Crippen molar-refractivity contribution in [2.75, 3.05) is 32.2 Å². The predicted octanol–water partition coefficient (Wildman–Crippen LogP) is 0.665. The lowest BCUT2D eigenvalue weighted by Gasteiger charge is -2.24. The van der Waals surface area contributed by atoms with Crippen LogP contribution < -0.4 is 15.8 Å². The number of anilines is 1. The molecule has 0 aliphatic carbocycles. The smallest absolute Gasteiger partial charge is 0.135 e. The quantitative estimate of drug-likeness (QED) is 0.798. The van der Waals surface area contributed by atoms with Crippen molar-refractivity contribution in [3.63, 3.8) is 0 Å². The highest BCUT2D eigenvalue weighted by Gasteiger charge is 2.25. The molecule has 112 valence electrons. The third-order valence-corrected chi connectivity index (χ3v) is 3.63. The summed E-state index contributed by atoms with van der Waals surface area (Å²) < 4.78 is 5.18. The molecule has 2 rings (SSSR count). The normalized spacial score (nSPS) is 22.2. The van der Waals surface area contributed by atoms with Gasteiger partial charge in [-0.2, -0.15) is 0 Å². The molecule has 0 radical (unpaired) electrons. The molecule has 2 atom stereocenters. The number of methoxy groups -OCH3 is 1. The Bertz CT molecular complexity index is 440. The first kappa shape index (κ1) is 15.2. The van der Waals surface area contributed by atoms with Gasteiger partial charge in [0.1, 0.15) is 11.6 Å². The van der Waals surface area contributed by atoms with Gasteiger partial charge in [-0.05, 0) is 19.8 Å². The average Bonchev–Trinajstić information content (AvgIpc) is 2.86. The minimum atomic E-state index is 0.385. The van der Waals surface area contributed by atoms with Gasteiger partial charge in [0.2, 0.25) is 0 Å². The van der Waals surface area contributed by atoms with Crippen LogP contribution in [-0.4, -0.2) is 49.4 Å². The van der Waals surface area contributed by atoms with E-state index in [-0.39, 0.29) is 0 Å². The molecule has 1 aromatic rings. The fraction of sp³-hybridized carbons (Fsp3) is 0.714. The summed E-state index contributed by atoms with van der Waals surface area (Å²) in [5.41, 5.74) is 7.79. The van der Waals surface area contributed by atoms with Crippen LogP contribution in [0.3, 0.4) is 0 Å². The molecular formula is C14H25N5O. The first-order valence-electron chi connectivity index (χ1n) is 7.17. The molecule has 1 aliphatic rings. The number of hydrogen-bond donors (Lipinski definition) is 2. The molecule has 2 N–H and O–H groups in total. The number of hydrogen-bond acceptors (Lipinski definition) is 6. The van der Waals surface area contributed by atoms with Crippen molar-refractivity contribution in [3.05, 3.63) is 17.6 Å². The SMILES string of the molecule is CCc1cnc(C)nc1N(C)CC1CC(COC)NN1. The Morgan fingerprint density at radius 2 is 2.15 bits per heavy atom. The zero-order valence-electron chi connectivity index (χ0n) is 12.8. The minimum absolute atomic E-state index is 0.385. The van der Waals surface area contributed by atoms with Crippen LogP contribution in [0.25, 0.3) is 0 Å². The lowest BCUT2D eigenvalue weighted by Crippen LogP contribution is -2.40. The molecule has 1 saturated heterocycles. The number of likely N-dealkylation sites (N-methyl/N-ethyl adjacent to an activating group) is 1. The summed E-state index contributed by atoms with van der Waals surface area (Å²) in [5, 5.41) is 0. The summed E-state index contributed by atoms with van der Waals surface area (Å²) in [6.07, 6.45) is 3.94. The van der Waals surface area contributed by atoms with Gasteiger partial charge in [-0.1, -0.05) is 6.92 Å². The summed E-state index contributed by atoms with van der Waals surface area (Å²) in [7, 11) is 3.82. The Morgan fingerprint density at radius 1 is 1.40 bits per heavy atom.